The van der Waals surface area contributed by atoms with Crippen LogP contribution in [0.4, 0.5) is 0 Å². The van der Waals surface area contributed by atoms with Crippen molar-refractivity contribution >= 4 is 43.1 Å². The van der Waals surface area contributed by atoms with Crippen molar-refractivity contribution < 1.29 is 0 Å². The predicted molar refractivity (Wildman–Crippen MR) is 344 cm³/mol. The van der Waals surface area contributed by atoms with Gasteiger partial charge in [0.1, 0.15) is 0 Å². The van der Waals surface area contributed by atoms with Crippen molar-refractivity contribution in [2.45, 2.75) is 26.7 Å². The van der Waals surface area contributed by atoms with E-state index in [0.29, 0.717) is 5.82 Å². The number of fused-ring (bicyclic) bond motifs is 2. The molecule has 0 radical (unpaired) electrons. The molecule has 0 aliphatic carbocycles. The van der Waals surface area contributed by atoms with E-state index < -0.39 is 0 Å². The minimum atomic E-state index is 0.714. The van der Waals surface area contributed by atoms with Crippen LogP contribution >= 0.6 is 22.7 Å². The van der Waals surface area contributed by atoms with Crippen LogP contribution in [0.3, 0.4) is 0 Å². The first-order valence-corrected chi connectivity index (χ1v) is 29.3. The number of hydrogen-bond acceptors (Lipinski definition) is 8. The molecule has 0 aliphatic heterocycles. The van der Waals surface area contributed by atoms with Crippen molar-refractivity contribution in [1.29, 1.82) is 0 Å². The van der Waals surface area contributed by atoms with E-state index >= 15 is 0 Å². The standard InChI is InChI=1S/2C37H27N3S/c1-2-36-38-34-23-30(20-21-35(34)41-36)29-14-9-15-31(22-29)33-24-32(39-37(40-33)28-12-7-4-8-13-28)27-18-16-26(17-19-27)25-10-5-3-6-11-25;1-2-36-38-34-23-31(21-22-35(34)41-36)27-15-19-29(20-16-27)33-24-32(39-37(40-33)30-11-7-4-8-12-30)28-17-13-26(14-18-28)25-9-5-3-6-10-25/h2*3-24H,2H2,1H3. The first kappa shape index (κ1) is 51.6. The zero-order chi connectivity index (χ0) is 55.2. The van der Waals surface area contributed by atoms with Gasteiger partial charge in [-0.15, -0.1) is 22.7 Å². The predicted octanol–water partition coefficient (Wildman–Crippen LogP) is 20.0. The molecule has 0 bridgehead atoms. The van der Waals surface area contributed by atoms with Crippen LogP contribution in [0.15, 0.2) is 267 Å². The third-order valence-corrected chi connectivity index (χ3v) is 16.9. The molecule has 14 rings (SSSR count). The van der Waals surface area contributed by atoms with Crippen LogP contribution < -0.4 is 0 Å². The smallest absolute Gasteiger partial charge is 0.160 e. The van der Waals surface area contributed by atoms with E-state index in [1.807, 2.05) is 48.5 Å². The molecular weight excluding hydrogens is 1040 g/mol. The number of hydrogen-bond donors (Lipinski definition) is 0. The Morgan fingerprint density at radius 2 is 0.512 bits per heavy atom. The van der Waals surface area contributed by atoms with Gasteiger partial charge in [0.15, 0.2) is 11.6 Å². The van der Waals surface area contributed by atoms with Crippen molar-refractivity contribution in [3.63, 3.8) is 0 Å². The summed E-state index contributed by atoms with van der Waals surface area (Å²) in [6, 6.07) is 93.0. The molecule has 10 aromatic carbocycles. The highest BCUT2D eigenvalue weighted by molar-refractivity contribution is 7.18. The first-order valence-electron chi connectivity index (χ1n) is 27.7. The monoisotopic (exact) mass is 1090 g/mol. The van der Waals surface area contributed by atoms with E-state index in [1.165, 1.54) is 47.2 Å². The van der Waals surface area contributed by atoms with E-state index in [-0.39, 0.29) is 0 Å². The quantitative estimate of drug-likeness (QED) is 0.121. The van der Waals surface area contributed by atoms with Crippen LogP contribution in [0.2, 0.25) is 0 Å². The van der Waals surface area contributed by atoms with Crippen LogP contribution in [0.1, 0.15) is 23.9 Å². The van der Waals surface area contributed by atoms with Crippen molar-refractivity contribution in [2.75, 3.05) is 0 Å². The molecule has 6 nitrogen and oxygen atoms in total. The SMILES string of the molecule is CCc1nc2cc(-c3ccc(-c4cc(-c5ccc(-c6ccccc6)cc5)nc(-c5ccccc5)n4)cc3)ccc2s1.CCc1nc2cc(-c3cccc(-c4cc(-c5ccc(-c6ccccc6)cc5)nc(-c5ccccc5)n4)c3)ccc2s1. The number of benzene rings is 10. The Morgan fingerprint density at radius 1 is 0.232 bits per heavy atom. The maximum Gasteiger partial charge on any atom is 0.160 e. The fourth-order valence-electron chi connectivity index (χ4n) is 10.2. The molecule has 4 aromatic heterocycles. The molecule has 392 valence electrons. The summed E-state index contributed by atoms with van der Waals surface area (Å²) in [5, 5.41) is 2.35. The lowest BCUT2D eigenvalue weighted by Gasteiger charge is -2.11. The fourth-order valence-corrected chi connectivity index (χ4v) is 11.9. The van der Waals surface area contributed by atoms with Gasteiger partial charge in [-0.3, -0.25) is 0 Å². The Balaban J connectivity index is 0.000000154. The molecular formula is C74H54N6S2. The molecule has 8 heteroatoms. The van der Waals surface area contributed by atoms with Gasteiger partial charge in [0.25, 0.3) is 0 Å². The zero-order valence-electron chi connectivity index (χ0n) is 45.3. The maximum absolute atomic E-state index is 5.04. The molecule has 4 heterocycles. The van der Waals surface area contributed by atoms with E-state index in [4.69, 9.17) is 29.9 Å². The summed E-state index contributed by atoms with van der Waals surface area (Å²) in [6.07, 6.45) is 1.92. The Kier molecular flexibility index (Phi) is 14.8. The number of aromatic nitrogens is 6. The average Bonchev–Trinajstić information content (AvgIpc) is 4.35. The molecule has 0 N–H and O–H groups in total. The second-order valence-corrected chi connectivity index (χ2v) is 22.2. The van der Waals surface area contributed by atoms with Crippen LogP contribution in [0.25, 0.3) is 133 Å². The van der Waals surface area contributed by atoms with E-state index in [0.717, 1.165) is 103 Å². The Labute approximate surface area is 485 Å². The van der Waals surface area contributed by atoms with Crippen molar-refractivity contribution in [1.82, 2.24) is 29.9 Å². The summed E-state index contributed by atoms with van der Waals surface area (Å²) in [5.41, 5.74) is 21.3. The number of nitrogens with zero attached hydrogens (tertiary/aromatic N) is 6. The van der Waals surface area contributed by atoms with Gasteiger partial charge in [-0.2, -0.15) is 0 Å². The average molecular weight is 1090 g/mol. The molecule has 0 atom stereocenters. The molecule has 0 unspecified atom stereocenters. The van der Waals surface area contributed by atoms with Gasteiger partial charge in [-0.05, 0) is 99.8 Å². The molecule has 14 aromatic rings. The summed E-state index contributed by atoms with van der Waals surface area (Å²) >= 11 is 3.55. The summed E-state index contributed by atoms with van der Waals surface area (Å²) in [7, 11) is 0. The summed E-state index contributed by atoms with van der Waals surface area (Å²) in [6.45, 7) is 4.30. The fraction of sp³-hybridized carbons (Fsp3) is 0.0541. The Bertz CT molecular complexity index is 4490. The minimum Gasteiger partial charge on any atom is -0.241 e. The topological polar surface area (TPSA) is 77.3 Å². The molecule has 0 saturated carbocycles. The first-order chi connectivity index (χ1) is 40.5. The van der Waals surface area contributed by atoms with E-state index in [9.17, 15) is 0 Å². The number of rotatable bonds is 12. The lowest BCUT2D eigenvalue weighted by atomic mass is 9.99. The van der Waals surface area contributed by atoms with Crippen molar-refractivity contribution in [2.24, 2.45) is 0 Å². The lowest BCUT2D eigenvalue weighted by molar-refractivity contribution is 1.11. The van der Waals surface area contributed by atoms with Crippen molar-refractivity contribution in [3.8, 4) is 112 Å². The van der Waals surface area contributed by atoms with Crippen LogP contribution in [0.5, 0.6) is 0 Å². The molecule has 0 aliphatic rings. The van der Waals surface area contributed by atoms with E-state index in [1.54, 1.807) is 22.7 Å². The van der Waals surface area contributed by atoms with Gasteiger partial charge in [-0.25, -0.2) is 29.9 Å². The Morgan fingerprint density at radius 3 is 0.902 bits per heavy atom. The van der Waals surface area contributed by atoms with Crippen LogP contribution in [-0.2, 0) is 12.8 Å². The second kappa shape index (κ2) is 23.5. The van der Waals surface area contributed by atoms with Gasteiger partial charge in [-0.1, -0.05) is 238 Å². The third-order valence-electron chi connectivity index (χ3n) is 14.6. The van der Waals surface area contributed by atoms with Gasteiger partial charge < -0.3 is 0 Å². The zero-order valence-corrected chi connectivity index (χ0v) is 47.0. The maximum atomic E-state index is 5.04. The van der Waals surface area contributed by atoms with Crippen molar-refractivity contribution in [3.05, 3.63) is 277 Å². The van der Waals surface area contributed by atoms with E-state index in [2.05, 4.69) is 232 Å². The molecule has 82 heavy (non-hydrogen) atoms. The molecule has 0 spiro atoms. The number of thiazole rings is 2. The molecule has 0 saturated heterocycles. The minimum absolute atomic E-state index is 0.714. The highest BCUT2D eigenvalue weighted by Gasteiger charge is 2.15. The lowest BCUT2D eigenvalue weighted by Crippen LogP contribution is -1.96. The Hall–Kier alpha value is -9.86. The highest BCUT2D eigenvalue weighted by atomic mass is 32.1. The second-order valence-electron chi connectivity index (χ2n) is 20.0. The molecule has 0 amide bonds. The van der Waals surface area contributed by atoms with Gasteiger partial charge in [0, 0.05) is 33.4 Å². The summed E-state index contributed by atoms with van der Waals surface area (Å²) in [4.78, 5) is 29.6. The van der Waals surface area contributed by atoms with Gasteiger partial charge in [0.05, 0.1) is 53.2 Å². The summed E-state index contributed by atoms with van der Waals surface area (Å²) in [5.74, 6) is 1.43. The summed E-state index contributed by atoms with van der Waals surface area (Å²) < 4.78 is 2.47. The number of aryl methyl sites for hydroxylation is 2. The van der Waals surface area contributed by atoms with Crippen LogP contribution in [0, 0.1) is 0 Å². The van der Waals surface area contributed by atoms with Crippen LogP contribution in [-0.4, -0.2) is 29.9 Å². The normalized spacial score (nSPS) is 11.1. The molecule has 0 fully saturated rings. The largest absolute Gasteiger partial charge is 0.241 e. The third kappa shape index (κ3) is 11.3. The van der Waals surface area contributed by atoms with Gasteiger partial charge >= 0.3 is 0 Å². The van der Waals surface area contributed by atoms with Gasteiger partial charge in [0.2, 0.25) is 0 Å². The highest BCUT2D eigenvalue weighted by Crippen LogP contribution is 2.36.